The summed E-state index contributed by atoms with van der Waals surface area (Å²) < 4.78 is 10.9. The number of rotatable bonds is 4. The first-order valence-corrected chi connectivity index (χ1v) is 8.55. The Morgan fingerprint density at radius 2 is 1.81 bits per heavy atom. The van der Waals surface area contributed by atoms with Crippen molar-refractivity contribution in [2.24, 2.45) is 0 Å². The van der Waals surface area contributed by atoms with Crippen molar-refractivity contribution in [1.82, 2.24) is 14.9 Å². The summed E-state index contributed by atoms with van der Waals surface area (Å²) in [4.78, 5) is 33.7. The fourth-order valence-corrected chi connectivity index (χ4v) is 2.86. The van der Waals surface area contributed by atoms with Gasteiger partial charge in [-0.15, -0.1) is 0 Å². The zero-order valence-electron chi connectivity index (χ0n) is 14.8. The number of likely N-dealkylation sites (tertiary alicyclic amines) is 1. The summed E-state index contributed by atoms with van der Waals surface area (Å²) in [6.07, 6.45) is 3.22. The summed E-state index contributed by atoms with van der Waals surface area (Å²) in [7, 11) is 0. The van der Waals surface area contributed by atoms with E-state index in [1.165, 1.54) is 6.92 Å². The van der Waals surface area contributed by atoms with Crippen LogP contribution in [0.1, 0.15) is 35.9 Å². The fourth-order valence-electron chi connectivity index (χ4n) is 2.86. The zero-order valence-corrected chi connectivity index (χ0v) is 14.8. The van der Waals surface area contributed by atoms with Gasteiger partial charge in [-0.05, 0) is 31.2 Å². The largest absolute Gasteiger partial charge is 0.474 e. The number of piperidine rings is 1. The van der Waals surface area contributed by atoms with Gasteiger partial charge in [0.1, 0.15) is 17.7 Å². The first-order chi connectivity index (χ1) is 12.5. The second kappa shape index (κ2) is 7.95. The lowest BCUT2D eigenvalue weighted by Gasteiger charge is -2.32. The van der Waals surface area contributed by atoms with Gasteiger partial charge >= 0.3 is 5.97 Å². The fraction of sp³-hybridized carbons (Fsp3) is 0.368. The van der Waals surface area contributed by atoms with Gasteiger partial charge in [-0.1, -0.05) is 0 Å². The summed E-state index contributed by atoms with van der Waals surface area (Å²) in [5.41, 5.74) is 0.576. The molecule has 7 heteroatoms. The van der Waals surface area contributed by atoms with Crippen molar-refractivity contribution in [3.05, 3.63) is 47.9 Å². The highest BCUT2D eigenvalue weighted by atomic mass is 16.5. The van der Waals surface area contributed by atoms with E-state index in [9.17, 15) is 9.59 Å². The molecule has 1 aliphatic heterocycles. The Labute approximate surface area is 152 Å². The number of nitrogens with zero attached hydrogens (tertiary/aromatic N) is 3. The Kier molecular flexibility index (Phi) is 5.46. The molecule has 0 spiro atoms. The third kappa shape index (κ3) is 4.56. The van der Waals surface area contributed by atoms with Crippen LogP contribution in [-0.4, -0.2) is 45.9 Å². The molecule has 0 N–H and O–H groups in total. The molecule has 1 aliphatic rings. The molecule has 0 unspecified atom stereocenters. The molecule has 0 saturated carbocycles. The van der Waals surface area contributed by atoms with E-state index >= 15 is 0 Å². The van der Waals surface area contributed by atoms with Crippen molar-refractivity contribution < 1.29 is 19.1 Å². The maximum atomic E-state index is 12.6. The molecule has 1 aromatic heterocycles. The van der Waals surface area contributed by atoms with E-state index in [0.29, 0.717) is 36.1 Å². The highest BCUT2D eigenvalue weighted by Gasteiger charge is 2.25. The number of amides is 1. The number of benzene rings is 1. The molecule has 2 heterocycles. The first kappa shape index (κ1) is 17.8. The third-order valence-corrected chi connectivity index (χ3v) is 4.13. The summed E-state index contributed by atoms with van der Waals surface area (Å²) in [5, 5.41) is 0. The molecule has 1 amide bonds. The molecule has 2 aromatic rings. The highest BCUT2D eigenvalue weighted by molar-refractivity contribution is 5.94. The minimum Gasteiger partial charge on any atom is -0.474 e. The van der Waals surface area contributed by atoms with E-state index in [4.69, 9.17) is 9.47 Å². The smallest absolute Gasteiger partial charge is 0.308 e. The molecule has 1 aromatic carbocycles. The van der Waals surface area contributed by atoms with E-state index in [2.05, 4.69) is 9.97 Å². The number of esters is 1. The van der Waals surface area contributed by atoms with Crippen LogP contribution in [0, 0.1) is 6.92 Å². The maximum Gasteiger partial charge on any atom is 0.308 e. The Balaban J connectivity index is 1.54. The number of ether oxygens (including phenoxy) is 2. The van der Waals surface area contributed by atoms with Crippen LogP contribution < -0.4 is 9.47 Å². The van der Waals surface area contributed by atoms with Gasteiger partial charge in [-0.2, -0.15) is 4.98 Å². The standard InChI is InChI=1S/C19H21N3O4/c1-13-20-10-7-18(21-13)26-17-8-11-22(12-9-17)19(24)15-3-5-16(6-4-15)25-14(2)23/h3-7,10,17H,8-9,11-12H2,1-2H3. The SMILES string of the molecule is CC(=O)Oc1ccc(C(=O)N2CCC(Oc3ccnc(C)n3)CC2)cc1. The van der Waals surface area contributed by atoms with Gasteiger partial charge in [0.25, 0.3) is 5.91 Å². The molecule has 7 nitrogen and oxygen atoms in total. The van der Waals surface area contributed by atoms with Gasteiger partial charge in [0.2, 0.25) is 5.88 Å². The van der Waals surface area contributed by atoms with Crippen LogP contribution in [0.3, 0.4) is 0 Å². The lowest BCUT2D eigenvalue weighted by atomic mass is 10.1. The monoisotopic (exact) mass is 355 g/mol. The Morgan fingerprint density at radius 1 is 1.12 bits per heavy atom. The molecule has 0 aliphatic carbocycles. The average Bonchev–Trinajstić information content (AvgIpc) is 2.62. The van der Waals surface area contributed by atoms with Gasteiger partial charge in [0.15, 0.2) is 0 Å². The molecule has 1 saturated heterocycles. The maximum absolute atomic E-state index is 12.6. The third-order valence-electron chi connectivity index (χ3n) is 4.13. The average molecular weight is 355 g/mol. The molecule has 136 valence electrons. The second-order valence-corrected chi connectivity index (χ2v) is 6.17. The molecule has 0 atom stereocenters. The topological polar surface area (TPSA) is 81.6 Å². The van der Waals surface area contributed by atoms with Crippen molar-refractivity contribution >= 4 is 11.9 Å². The minimum atomic E-state index is -0.384. The van der Waals surface area contributed by atoms with Crippen LogP contribution >= 0.6 is 0 Å². The van der Waals surface area contributed by atoms with Crippen LogP contribution in [0.2, 0.25) is 0 Å². The van der Waals surface area contributed by atoms with E-state index in [1.54, 1.807) is 36.5 Å². The predicted molar refractivity (Wildman–Crippen MR) is 94.1 cm³/mol. The van der Waals surface area contributed by atoms with Gasteiger partial charge in [0, 0.05) is 50.7 Å². The van der Waals surface area contributed by atoms with Gasteiger partial charge in [-0.3, -0.25) is 9.59 Å². The number of aryl methyl sites for hydroxylation is 1. The zero-order chi connectivity index (χ0) is 18.5. The van der Waals surface area contributed by atoms with Crippen molar-refractivity contribution in [3.8, 4) is 11.6 Å². The minimum absolute atomic E-state index is 0.0318. The van der Waals surface area contributed by atoms with E-state index in [1.807, 2.05) is 11.8 Å². The summed E-state index contributed by atoms with van der Waals surface area (Å²) in [6.45, 7) is 4.41. The quantitative estimate of drug-likeness (QED) is 0.619. The number of aromatic nitrogens is 2. The lowest BCUT2D eigenvalue weighted by Crippen LogP contribution is -2.41. The van der Waals surface area contributed by atoms with Crippen molar-refractivity contribution in [1.29, 1.82) is 0 Å². The molecule has 3 rings (SSSR count). The Morgan fingerprint density at radius 3 is 2.42 bits per heavy atom. The van der Waals surface area contributed by atoms with Crippen LogP contribution in [-0.2, 0) is 4.79 Å². The van der Waals surface area contributed by atoms with Crippen LogP contribution in [0.5, 0.6) is 11.6 Å². The summed E-state index contributed by atoms with van der Waals surface area (Å²) in [6, 6.07) is 8.35. The van der Waals surface area contributed by atoms with E-state index in [0.717, 1.165) is 12.8 Å². The lowest BCUT2D eigenvalue weighted by molar-refractivity contribution is -0.131. The molecular formula is C19H21N3O4. The molecule has 0 bridgehead atoms. The number of carbonyl (C=O) groups is 2. The van der Waals surface area contributed by atoms with Crippen molar-refractivity contribution in [3.63, 3.8) is 0 Å². The van der Waals surface area contributed by atoms with Crippen LogP contribution in [0.25, 0.3) is 0 Å². The van der Waals surface area contributed by atoms with E-state index in [-0.39, 0.29) is 18.0 Å². The van der Waals surface area contributed by atoms with E-state index < -0.39 is 0 Å². The molecular weight excluding hydrogens is 334 g/mol. The van der Waals surface area contributed by atoms with Gasteiger partial charge in [0.05, 0.1) is 0 Å². The summed E-state index contributed by atoms with van der Waals surface area (Å²) >= 11 is 0. The van der Waals surface area contributed by atoms with Crippen molar-refractivity contribution in [2.75, 3.05) is 13.1 Å². The van der Waals surface area contributed by atoms with Gasteiger partial charge < -0.3 is 14.4 Å². The molecule has 1 fully saturated rings. The Bertz CT molecular complexity index is 784. The Hall–Kier alpha value is -2.96. The predicted octanol–water partition coefficient (Wildman–Crippen LogP) is 2.39. The van der Waals surface area contributed by atoms with Crippen LogP contribution in [0.15, 0.2) is 36.5 Å². The summed E-state index contributed by atoms with van der Waals surface area (Å²) in [5.74, 6) is 1.26. The first-order valence-electron chi connectivity index (χ1n) is 8.55. The number of hydrogen-bond acceptors (Lipinski definition) is 6. The van der Waals surface area contributed by atoms with Crippen LogP contribution in [0.4, 0.5) is 0 Å². The molecule has 0 radical (unpaired) electrons. The second-order valence-electron chi connectivity index (χ2n) is 6.17. The van der Waals surface area contributed by atoms with Crippen molar-refractivity contribution in [2.45, 2.75) is 32.8 Å². The normalized spacial score (nSPS) is 14.8. The molecule has 26 heavy (non-hydrogen) atoms. The number of hydrogen-bond donors (Lipinski definition) is 0. The number of carbonyl (C=O) groups excluding carboxylic acids is 2. The highest BCUT2D eigenvalue weighted by Crippen LogP contribution is 2.20. The van der Waals surface area contributed by atoms with Gasteiger partial charge in [-0.25, -0.2) is 4.98 Å².